The third-order valence-corrected chi connectivity index (χ3v) is 5.14. The molecular formula is C24H20F3NO. The molecule has 2 nitrogen and oxygen atoms in total. The van der Waals surface area contributed by atoms with Gasteiger partial charge in [-0.15, -0.1) is 13.2 Å². The summed E-state index contributed by atoms with van der Waals surface area (Å²) in [5.74, 6) is -0.220. The van der Waals surface area contributed by atoms with Gasteiger partial charge in [0.15, 0.2) is 0 Å². The van der Waals surface area contributed by atoms with Crippen molar-refractivity contribution in [2.24, 2.45) is 4.99 Å². The maximum Gasteiger partial charge on any atom is 0.573 e. The summed E-state index contributed by atoms with van der Waals surface area (Å²) >= 11 is 0. The molecule has 3 aromatic rings. The molecule has 29 heavy (non-hydrogen) atoms. The monoisotopic (exact) mass is 395 g/mol. The molecule has 0 amide bonds. The number of aliphatic imine (C=N–C) groups is 1. The van der Waals surface area contributed by atoms with Gasteiger partial charge in [0.05, 0.1) is 6.04 Å². The highest BCUT2D eigenvalue weighted by molar-refractivity contribution is 6.02. The Balaban J connectivity index is 1.49. The number of alkyl halides is 3. The first-order valence-electron chi connectivity index (χ1n) is 9.48. The summed E-state index contributed by atoms with van der Waals surface area (Å²) in [5.41, 5.74) is 6.52. The molecule has 1 aliphatic heterocycles. The van der Waals surface area contributed by atoms with Gasteiger partial charge in [-0.2, -0.15) is 0 Å². The second kappa shape index (κ2) is 7.74. The maximum absolute atomic E-state index is 12.3. The number of hydrogen-bond acceptors (Lipinski definition) is 2. The van der Waals surface area contributed by atoms with E-state index in [1.807, 2.05) is 36.4 Å². The summed E-state index contributed by atoms with van der Waals surface area (Å²) in [4.78, 5) is 4.93. The largest absolute Gasteiger partial charge is 0.573 e. The molecule has 0 bridgehead atoms. The van der Waals surface area contributed by atoms with Crippen LogP contribution < -0.4 is 4.74 Å². The highest BCUT2D eigenvalue weighted by atomic mass is 19.4. The topological polar surface area (TPSA) is 21.6 Å². The first-order valence-corrected chi connectivity index (χ1v) is 9.48. The van der Waals surface area contributed by atoms with Gasteiger partial charge >= 0.3 is 6.36 Å². The second-order valence-electron chi connectivity index (χ2n) is 7.14. The number of ether oxygens (including phenoxy) is 1. The van der Waals surface area contributed by atoms with Gasteiger partial charge in [0.1, 0.15) is 5.75 Å². The lowest BCUT2D eigenvalue weighted by molar-refractivity contribution is -0.274. The molecule has 148 valence electrons. The Hall–Kier alpha value is -3.08. The van der Waals surface area contributed by atoms with Crippen molar-refractivity contribution in [1.29, 1.82) is 0 Å². The predicted molar refractivity (Wildman–Crippen MR) is 108 cm³/mol. The summed E-state index contributed by atoms with van der Waals surface area (Å²) in [7, 11) is 0. The van der Waals surface area contributed by atoms with Crippen LogP contribution in [0.25, 0.3) is 11.1 Å². The molecule has 3 aromatic carbocycles. The van der Waals surface area contributed by atoms with Crippen molar-refractivity contribution in [3.05, 3.63) is 89.5 Å². The molecule has 1 unspecified atom stereocenters. The third-order valence-electron chi connectivity index (χ3n) is 5.14. The summed E-state index contributed by atoms with van der Waals surface area (Å²) in [6.45, 7) is 2.10. The number of halogens is 3. The fourth-order valence-electron chi connectivity index (χ4n) is 3.68. The third kappa shape index (κ3) is 4.50. The Morgan fingerprint density at radius 3 is 2.10 bits per heavy atom. The van der Waals surface area contributed by atoms with Crippen molar-refractivity contribution in [1.82, 2.24) is 0 Å². The molecule has 1 aliphatic rings. The zero-order valence-corrected chi connectivity index (χ0v) is 15.9. The van der Waals surface area contributed by atoms with Crippen molar-refractivity contribution < 1.29 is 17.9 Å². The lowest BCUT2D eigenvalue weighted by Gasteiger charge is -2.10. The van der Waals surface area contributed by atoms with E-state index in [0.717, 1.165) is 35.2 Å². The maximum atomic E-state index is 12.3. The van der Waals surface area contributed by atoms with Gasteiger partial charge in [-0.1, -0.05) is 60.7 Å². The van der Waals surface area contributed by atoms with Gasteiger partial charge in [-0.3, -0.25) is 4.99 Å². The van der Waals surface area contributed by atoms with Crippen LogP contribution in [0, 0.1) is 6.92 Å². The van der Waals surface area contributed by atoms with Crippen LogP contribution in [-0.4, -0.2) is 12.1 Å². The lowest BCUT2D eigenvalue weighted by atomic mass is 9.98. The number of benzene rings is 3. The Morgan fingerprint density at radius 1 is 0.862 bits per heavy atom. The molecule has 0 saturated carbocycles. The standard InChI is InChI=1S/C24H20F3NO/c1-16-4-2-3-5-21(16)23-15-14-22(28-23)19-8-6-17(7-9-19)18-10-12-20(13-11-18)29-24(25,26)27/h2-13,22H,14-15H2,1H3. The van der Waals surface area contributed by atoms with E-state index in [1.165, 1.54) is 23.3 Å². The molecule has 0 aliphatic carbocycles. The molecule has 1 atom stereocenters. The number of rotatable bonds is 4. The SMILES string of the molecule is Cc1ccccc1C1=NC(c2ccc(-c3ccc(OC(F)(F)F)cc3)cc2)CC1. The van der Waals surface area contributed by atoms with Gasteiger partial charge in [0, 0.05) is 5.71 Å². The molecule has 0 aromatic heterocycles. The molecule has 1 heterocycles. The summed E-state index contributed by atoms with van der Waals surface area (Å²) < 4.78 is 40.8. The molecule has 0 saturated heterocycles. The Kier molecular flexibility index (Phi) is 5.14. The highest BCUT2D eigenvalue weighted by Crippen LogP contribution is 2.33. The van der Waals surface area contributed by atoms with Crippen LogP contribution in [0.5, 0.6) is 5.75 Å². The van der Waals surface area contributed by atoms with Crippen molar-refractivity contribution >= 4 is 5.71 Å². The van der Waals surface area contributed by atoms with E-state index >= 15 is 0 Å². The van der Waals surface area contributed by atoms with Gasteiger partial charge in [-0.25, -0.2) is 0 Å². The molecule has 0 fully saturated rings. The average Bonchev–Trinajstić information content (AvgIpc) is 3.18. The zero-order chi connectivity index (χ0) is 20.4. The van der Waals surface area contributed by atoms with Crippen molar-refractivity contribution in [2.45, 2.75) is 32.2 Å². The molecule has 0 spiro atoms. The number of nitrogens with zero attached hydrogens (tertiary/aromatic N) is 1. The van der Waals surface area contributed by atoms with E-state index in [0.29, 0.717) is 0 Å². The second-order valence-corrected chi connectivity index (χ2v) is 7.14. The van der Waals surface area contributed by atoms with E-state index in [1.54, 1.807) is 12.1 Å². The van der Waals surface area contributed by atoms with Crippen LogP contribution in [0.15, 0.2) is 77.8 Å². The van der Waals surface area contributed by atoms with E-state index < -0.39 is 6.36 Å². The first-order chi connectivity index (χ1) is 13.9. The van der Waals surface area contributed by atoms with Crippen molar-refractivity contribution in [2.75, 3.05) is 0 Å². The normalized spacial score (nSPS) is 16.6. The average molecular weight is 395 g/mol. The van der Waals surface area contributed by atoms with Crippen molar-refractivity contribution in [3.63, 3.8) is 0 Å². The molecule has 0 radical (unpaired) electrons. The Morgan fingerprint density at radius 2 is 1.48 bits per heavy atom. The quantitative estimate of drug-likeness (QED) is 0.472. The van der Waals surface area contributed by atoms with Crippen LogP contribution >= 0.6 is 0 Å². The van der Waals surface area contributed by atoms with Crippen molar-refractivity contribution in [3.8, 4) is 16.9 Å². The van der Waals surface area contributed by atoms with Crippen LogP contribution in [0.3, 0.4) is 0 Å². The van der Waals surface area contributed by atoms with Gasteiger partial charge in [0.25, 0.3) is 0 Å². The number of aryl methyl sites for hydroxylation is 1. The predicted octanol–water partition coefficient (Wildman–Crippen LogP) is 6.88. The van der Waals surface area contributed by atoms with E-state index in [-0.39, 0.29) is 11.8 Å². The smallest absolute Gasteiger partial charge is 0.406 e. The summed E-state index contributed by atoms with van der Waals surface area (Å²) in [5, 5.41) is 0. The van der Waals surface area contributed by atoms with Crippen LogP contribution in [0.1, 0.15) is 35.6 Å². The first kappa shape index (κ1) is 19.2. The molecule has 5 heteroatoms. The van der Waals surface area contributed by atoms with E-state index in [9.17, 15) is 13.2 Å². The minimum absolute atomic E-state index is 0.140. The fourth-order valence-corrected chi connectivity index (χ4v) is 3.68. The Bertz CT molecular complexity index is 1020. The van der Waals surface area contributed by atoms with Gasteiger partial charge < -0.3 is 4.74 Å². The zero-order valence-electron chi connectivity index (χ0n) is 15.9. The van der Waals surface area contributed by atoms with Crippen LogP contribution in [0.2, 0.25) is 0 Å². The minimum atomic E-state index is -4.68. The van der Waals surface area contributed by atoms with Crippen LogP contribution in [0.4, 0.5) is 13.2 Å². The molecular weight excluding hydrogens is 375 g/mol. The minimum Gasteiger partial charge on any atom is -0.406 e. The van der Waals surface area contributed by atoms with E-state index in [4.69, 9.17) is 4.99 Å². The van der Waals surface area contributed by atoms with E-state index in [2.05, 4.69) is 23.8 Å². The molecule has 4 rings (SSSR count). The summed E-state index contributed by atoms with van der Waals surface area (Å²) in [6.07, 6.45) is -2.74. The fraction of sp³-hybridized carbons (Fsp3) is 0.208. The highest BCUT2D eigenvalue weighted by Gasteiger charge is 2.31. The molecule has 0 N–H and O–H groups in total. The van der Waals surface area contributed by atoms with Crippen LogP contribution in [-0.2, 0) is 0 Å². The summed E-state index contributed by atoms with van der Waals surface area (Å²) in [6, 6.07) is 22.4. The Labute approximate surface area is 167 Å². The van der Waals surface area contributed by atoms with Gasteiger partial charge in [0.2, 0.25) is 0 Å². The number of hydrogen-bond donors (Lipinski definition) is 0. The van der Waals surface area contributed by atoms with Gasteiger partial charge in [-0.05, 0) is 59.7 Å². The lowest BCUT2D eigenvalue weighted by Crippen LogP contribution is -2.16.